The molecule has 0 unspecified atom stereocenters. The van der Waals surface area contributed by atoms with E-state index >= 15 is 0 Å². The fourth-order valence-corrected chi connectivity index (χ4v) is 2.73. The number of anilines is 1. The summed E-state index contributed by atoms with van der Waals surface area (Å²) in [6.07, 6.45) is 1.04. The van der Waals surface area contributed by atoms with E-state index < -0.39 is 11.7 Å². The Morgan fingerprint density at radius 2 is 2.04 bits per heavy atom. The number of aromatic hydroxyl groups is 1. The lowest BCUT2D eigenvalue weighted by Gasteiger charge is -2.16. The van der Waals surface area contributed by atoms with Gasteiger partial charge in [0.15, 0.2) is 11.5 Å². The first-order valence-corrected chi connectivity index (χ1v) is 7.61. The quantitative estimate of drug-likeness (QED) is 0.852. The SMILES string of the molecule is CNc1oc(C2=CN(C)CC=C2)c(O)c1-c1cccc(C(F)(F)F)c1. The number of allylic oxidation sites excluding steroid dienone is 2. The van der Waals surface area contributed by atoms with Crippen molar-refractivity contribution in [1.82, 2.24) is 4.90 Å². The molecule has 1 aromatic heterocycles. The van der Waals surface area contributed by atoms with Crippen molar-refractivity contribution < 1.29 is 22.7 Å². The minimum atomic E-state index is -4.46. The smallest absolute Gasteiger partial charge is 0.416 e. The van der Waals surface area contributed by atoms with Crippen molar-refractivity contribution in [2.24, 2.45) is 0 Å². The van der Waals surface area contributed by atoms with E-state index in [2.05, 4.69) is 5.32 Å². The molecule has 0 saturated heterocycles. The highest BCUT2D eigenvalue weighted by Gasteiger charge is 2.31. The summed E-state index contributed by atoms with van der Waals surface area (Å²) in [6.45, 7) is 0.727. The summed E-state index contributed by atoms with van der Waals surface area (Å²) in [5, 5.41) is 13.4. The second kappa shape index (κ2) is 6.23. The summed E-state index contributed by atoms with van der Waals surface area (Å²) in [6, 6.07) is 4.78. The van der Waals surface area contributed by atoms with Crippen molar-refractivity contribution in [2.45, 2.75) is 6.18 Å². The van der Waals surface area contributed by atoms with Crippen molar-refractivity contribution in [3.8, 4) is 16.9 Å². The fourth-order valence-electron chi connectivity index (χ4n) is 2.73. The first-order valence-electron chi connectivity index (χ1n) is 7.61. The predicted molar refractivity (Wildman–Crippen MR) is 90.1 cm³/mol. The van der Waals surface area contributed by atoms with Crippen LogP contribution < -0.4 is 5.32 Å². The Balaban J connectivity index is 2.13. The number of benzene rings is 1. The second-order valence-corrected chi connectivity index (χ2v) is 5.74. The number of furan rings is 1. The number of likely N-dealkylation sites (N-methyl/N-ethyl adjacent to an activating group) is 1. The maximum Gasteiger partial charge on any atom is 0.416 e. The van der Waals surface area contributed by atoms with Crippen LogP contribution in [0.2, 0.25) is 0 Å². The summed E-state index contributed by atoms with van der Waals surface area (Å²) < 4.78 is 44.6. The first kappa shape index (κ1) is 17.0. The molecule has 7 heteroatoms. The molecule has 132 valence electrons. The molecule has 2 aromatic rings. The van der Waals surface area contributed by atoms with Gasteiger partial charge in [-0.15, -0.1) is 0 Å². The van der Waals surface area contributed by atoms with Crippen LogP contribution >= 0.6 is 0 Å². The van der Waals surface area contributed by atoms with Gasteiger partial charge in [-0.1, -0.05) is 24.3 Å². The average Bonchev–Trinajstić information content (AvgIpc) is 2.91. The Labute approximate surface area is 142 Å². The predicted octanol–water partition coefficient (Wildman–Crippen LogP) is 4.56. The molecule has 0 atom stereocenters. The lowest BCUT2D eigenvalue weighted by molar-refractivity contribution is -0.137. The van der Waals surface area contributed by atoms with E-state index in [4.69, 9.17) is 4.42 Å². The monoisotopic (exact) mass is 350 g/mol. The van der Waals surface area contributed by atoms with E-state index in [1.54, 1.807) is 19.3 Å². The molecular formula is C18H17F3N2O2. The van der Waals surface area contributed by atoms with Crippen LogP contribution in [0.3, 0.4) is 0 Å². The van der Waals surface area contributed by atoms with Crippen LogP contribution in [0.15, 0.2) is 47.0 Å². The van der Waals surface area contributed by atoms with Gasteiger partial charge in [-0.05, 0) is 17.7 Å². The number of rotatable bonds is 3. The Hall–Kier alpha value is -2.83. The molecule has 0 radical (unpaired) electrons. The molecule has 0 spiro atoms. The molecule has 0 fully saturated rings. The normalized spacial score (nSPS) is 14.6. The van der Waals surface area contributed by atoms with E-state index in [9.17, 15) is 18.3 Å². The van der Waals surface area contributed by atoms with Crippen LogP contribution in [-0.2, 0) is 6.18 Å². The zero-order valence-corrected chi connectivity index (χ0v) is 13.7. The number of hydrogen-bond donors (Lipinski definition) is 2. The molecule has 0 bridgehead atoms. The van der Waals surface area contributed by atoms with Crippen LogP contribution in [0.1, 0.15) is 11.3 Å². The summed E-state index contributed by atoms with van der Waals surface area (Å²) in [5.74, 6) is 0.212. The molecule has 1 aliphatic rings. The molecule has 4 nitrogen and oxygen atoms in total. The molecule has 0 amide bonds. The van der Waals surface area contributed by atoms with Gasteiger partial charge in [-0.25, -0.2) is 0 Å². The van der Waals surface area contributed by atoms with Gasteiger partial charge in [0.1, 0.15) is 0 Å². The summed E-state index contributed by atoms with van der Waals surface area (Å²) >= 11 is 0. The van der Waals surface area contributed by atoms with Gasteiger partial charge in [0.25, 0.3) is 0 Å². The molecule has 3 rings (SSSR count). The molecule has 25 heavy (non-hydrogen) atoms. The summed E-state index contributed by atoms with van der Waals surface area (Å²) in [7, 11) is 3.45. The van der Waals surface area contributed by atoms with Crippen LogP contribution in [0.4, 0.5) is 19.1 Å². The van der Waals surface area contributed by atoms with Gasteiger partial charge in [-0.2, -0.15) is 13.2 Å². The van der Waals surface area contributed by atoms with Crippen molar-refractivity contribution >= 4 is 11.5 Å². The van der Waals surface area contributed by atoms with Crippen LogP contribution in [-0.4, -0.2) is 30.6 Å². The molecule has 0 aliphatic carbocycles. The Kier molecular flexibility index (Phi) is 4.24. The minimum absolute atomic E-state index is 0.199. The van der Waals surface area contributed by atoms with E-state index in [1.807, 2.05) is 18.0 Å². The van der Waals surface area contributed by atoms with E-state index in [1.165, 1.54) is 12.1 Å². The van der Waals surface area contributed by atoms with Gasteiger partial charge in [-0.3, -0.25) is 0 Å². The van der Waals surface area contributed by atoms with Crippen molar-refractivity contribution in [3.05, 3.63) is 53.9 Å². The highest BCUT2D eigenvalue weighted by atomic mass is 19.4. The van der Waals surface area contributed by atoms with Gasteiger partial charge in [0.05, 0.1) is 11.1 Å². The largest absolute Gasteiger partial charge is 0.504 e. The standard InChI is InChI=1S/C18H17F3N2O2/c1-22-17-14(11-5-3-7-13(9-11)18(19,20)21)15(24)16(25-17)12-6-4-8-23(2)10-12/h3-7,9-10,22,24H,8H2,1-2H3. The maximum atomic E-state index is 13.0. The third kappa shape index (κ3) is 3.22. The van der Waals surface area contributed by atoms with Gasteiger partial charge in [0.2, 0.25) is 5.88 Å². The van der Waals surface area contributed by atoms with Gasteiger partial charge < -0.3 is 19.7 Å². The lowest BCUT2D eigenvalue weighted by atomic mass is 10.0. The van der Waals surface area contributed by atoms with Gasteiger partial charge >= 0.3 is 6.18 Å². The van der Waals surface area contributed by atoms with Crippen molar-refractivity contribution in [1.29, 1.82) is 0 Å². The third-order valence-electron chi connectivity index (χ3n) is 3.90. The molecule has 2 N–H and O–H groups in total. The van der Waals surface area contributed by atoms with E-state index in [-0.39, 0.29) is 28.5 Å². The van der Waals surface area contributed by atoms with E-state index in [0.29, 0.717) is 5.57 Å². The second-order valence-electron chi connectivity index (χ2n) is 5.74. The number of alkyl halides is 3. The van der Waals surface area contributed by atoms with E-state index in [0.717, 1.165) is 18.7 Å². The summed E-state index contributed by atoms with van der Waals surface area (Å²) in [5.41, 5.74) is 0.276. The Morgan fingerprint density at radius 1 is 1.28 bits per heavy atom. The number of halogens is 3. The molecule has 1 aliphatic heterocycles. The average molecular weight is 350 g/mol. The lowest BCUT2D eigenvalue weighted by Crippen LogP contribution is -2.13. The van der Waals surface area contributed by atoms with Crippen LogP contribution in [0.5, 0.6) is 5.75 Å². The Bertz CT molecular complexity index is 850. The van der Waals surface area contributed by atoms with Crippen LogP contribution in [0, 0.1) is 0 Å². The maximum absolute atomic E-state index is 13.0. The highest BCUT2D eigenvalue weighted by molar-refractivity contribution is 5.88. The zero-order chi connectivity index (χ0) is 18.2. The number of nitrogens with one attached hydrogen (secondary N) is 1. The third-order valence-corrected chi connectivity index (χ3v) is 3.90. The zero-order valence-electron chi connectivity index (χ0n) is 13.7. The Morgan fingerprint density at radius 3 is 2.68 bits per heavy atom. The number of nitrogens with zero attached hydrogens (tertiary/aromatic N) is 1. The summed E-state index contributed by atoms with van der Waals surface area (Å²) in [4.78, 5) is 1.90. The molecule has 0 saturated carbocycles. The molecule has 2 heterocycles. The minimum Gasteiger partial charge on any atom is -0.504 e. The number of hydrogen-bond acceptors (Lipinski definition) is 4. The fraction of sp³-hybridized carbons (Fsp3) is 0.222. The van der Waals surface area contributed by atoms with Crippen LogP contribution in [0.25, 0.3) is 16.7 Å². The van der Waals surface area contributed by atoms with Gasteiger partial charge in [0, 0.05) is 32.4 Å². The molecular weight excluding hydrogens is 333 g/mol. The first-order chi connectivity index (χ1) is 11.8. The highest BCUT2D eigenvalue weighted by Crippen LogP contribution is 2.45. The topological polar surface area (TPSA) is 48.6 Å². The molecule has 1 aromatic carbocycles. The van der Waals surface area contributed by atoms with Crippen molar-refractivity contribution in [2.75, 3.05) is 26.0 Å². The van der Waals surface area contributed by atoms with Crippen molar-refractivity contribution in [3.63, 3.8) is 0 Å².